The molecule has 0 radical (unpaired) electrons. The van der Waals surface area contributed by atoms with Gasteiger partial charge in [0.15, 0.2) is 11.0 Å². The van der Waals surface area contributed by atoms with Crippen molar-refractivity contribution in [2.24, 2.45) is 0 Å². The number of halogens is 2. The van der Waals surface area contributed by atoms with Gasteiger partial charge in [0.05, 0.1) is 0 Å². The topological polar surface area (TPSA) is 32.3 Å². The van der Waals surface area contributed by atoms with Crippen LogP contribution in [-0.4, -0.2) is 54.0 Å². The molecule has 0 spiro atoms. The molecule has 4 nitrogen and oxygen atoms in total. The molecule has 0 N–H and O–H groups in total. The lowest BCUT2D eigenvalue weighted by molar-refractivity contribution is 0.142. The number of rotatable bonds is 1. The van der Waals surface area contributed by atoms with Gasteiger partial charge >= 0.3 is 0 Å². The average molecular weight is 285 g/mol. The first-order valence-corrected chi connectivity index (χ1v) is 7.12. The quantitative estimate of drug-likeness (QED) is 0.789. The van der Waals surface area contributed by atoms with E-state index in [1.165, 1.54) is 0 Å². The maximum atomic E-state index is 13.8. The highest BCUT2D eigenvalue weighted by Crippen LogP contribution is 2.30. The third-order valence-corrected chi connectivity index (χ3v) is 4.12. The molecular weight excluding hydrogens is 267 g/mol. The monoisotopic (exact) mass is 284 g/mol. The first-order valence-electron chi connectivity index (χ1n) is 6.75. The Morgan fingerprint density at radius 3 is 3.00 bits per heavy atom. The molecule has 0 amide bonds. The zero-order valence-corrected chi connectivity index (χ0v) is 11.8. The average Bonchev–Trinajstić information content (AvgIpc) is 2.36. The van der Waals surface area contributed by atoms with Crippen LogP contribution in [0.3, 0.4) is 0 Å². The van der Waals surface area contributed by atoms with Crippen molar-refractivity contribution in [3.63, 3.8) is 0 Å². The Kier molecular flexibility index (Phi) is 3.58. The van der Waals surface area contributed by atoms with Gasteiger partial charge in [-0.3, -0.25) is 0 Å². The Labute approximate surface area is 117 Å². The van der Waals surface area contributed by atoms with Crippen LogP contribution in [0, 0.1) is 0 Å². The molecule has 104 valence electrons. The van der Waals surface area contributed by atoms with Gasteiger partial charge in [0.2, 0.25) is 0 Å². The fraction of sp³-hybridized carbons (Fsp3) is 0.692. The van der Waals surface area contributed by atoms with Gasteiger partial charge in [-0.25, -0.2) is 4.39 Å². The van der Waals surface area contributed by atoms with E-state index in [0.29, 0.717) is 18.1 Å². The van der Waals surface area contributed by atoms with E-state index in [1.807, 2.05) is 13.1 Å². The van der Waals surface area contributed by atoms with E-state index in [0.717, 1.165) is 37.3 Å². The van der Waals surface area contributed by atoms with Gasteiger partial charge in [0, 0.05) is 32.1 Å². The van der Waals surface area contributed by atoms with Crippen molar-refractivity contribution >= 4 is 17.4 Å². The van der Waals surface area contributed by atoms with E-state index < -0.39 is 6.17 Å². The standard InChI is InChI=1S/C13H18ClFN4/c1-18-7-10(15)6-11(8-18)19-4-2-3-9-5-12(14)16-17-13(9)19/h5,10-11H,2-4,6-8H2,1H3/t10-,11-/m1/s1. The Bertz CT molecular complexity index is 460. The summed E-state index contributed by atoms with van der Waals surface area (Å²) in [6, 6.07) is 2.07. The van der Waals surface area contributed by atoms with Gasteiger partial charge < -0.3 is 9.80 Å². The predicted octanol–water partition coefficient (Wildman–Crippen LogP) is 1.92. The molecule has 1 fully saturated rings. The summed E-state index contributed by atoms with van der Waals surface area (Å²) in [6.45, 7) is 2.34. The molecule has 6 heteroatoms. The van der Waals surface area contributed by atoms with Crippen LogP contribution in [0.2, 0.25) is 5.15 Å². The van der Waals surface area contributed by atoms with Crippen molar-refractivity contribution in [3.05, 3.63) is 16.8 Å². The maximum absolute atomic E-state index is 13.8. The number of nitrogens with zero attached hydrogens (tertiary/aromatic N) is 4. The molecule has 0 saturated carbocycles. The normalized spacial score (nSPS) is 28.3. The van der Waals surface area contributed by atoms with Crippen molar-refractivity contribution in [2.75, 3.05) is 31.6 Å². The van der Waals surface area contributed by atoms with Gasteiger partial charge in [0.1, 0.15) is 6.17 Å². The van der Waals surface area contributed by atoms with Crippen LogP contribution in [0.15, 0.2) is 6.07 Å². The highest BCUT2D eigenvalue weighted by molar-refractivity contribution is 6.29. The van der Waals surface area contributed by atoms with Crippen LogP contribution < -0.4 is 4.90 Å². The van der Waals surface area contributed by atoms with Crippen molar-refractivity contribution in [3.8, 4) is 0 Å². The molecule has 19 heavy (non-hydrogen) atoms. The summed E-state index contributed by atoms with van der Waals surface area (Å²) in [5.74, 6) is 0.892. The van der Waals surface area contributed by atoms with Crippen LogP contribution in [0.25, 0.3) is 0 Å². The highest BCUT2D eigenvalue weighted by Gasteiger charge is 2.32. The van der Waals surface area contributed by atoms with Gasteiger partial charge in [-0.15, -0.1) is 10.2 Å². The van der Waals surface area contributed by atoms with E-state index in [4.69, 9.17) is 11.6 Å². The lowest BCUT2D eigenvalue weighted by atomic mass is 9.99. The maximum Gasteiger partial charge on any atom is 0.154 e. The molecular formula is C13H18ClFN4. The summed E-state index contributed by atoms with van der Waals surface area (Å²) >= 11 is 5.90. The van der Waals surface area contributed by atoms with E-state index in [1.54, 1.807) is 0 Å². The molecule has 3 heterocycles. The third-order valence-electron chi connectivity index (χ3n) is 3.94. The predicted molar refractivity (Wildman–Crippen MR) is 73.5 cm³/mol. The van der Waals surface area contributed by atoms with Crippen LogP contribution in [0.1, 0.15) is 18.4 Å². The number of likely N-dealkylation sites (tertiary alicyclic amines) is 1. The largest absolute Gasteiger partial charge is 0.351 e. The minimum atomic E-state index is -0.755. The van der Waals surface area contributed by atoms with Gasteiger partial charge in [0.25, 0.3) is 0 Å². The minimum Gasteiger partial charge on any atom is -0.351 e. The molecule has 3 rings (SSSR count). The summed E-state index contributed by atoms with van der Waals surface area (Å²) in [7, 11) is 1.97. The van der Waals surface area contributed by atoms with Gasteiger partial charge in [-0.05, 0) is 31.5 Å². The lowest BCUT2D eigenvalue weighted by Crippen LogP contribution is -2.52. The molecule has 0 bridgehead atoms. The van der Waals surface area contributed by atoms with E-state index in [9.17, 15) is 4.39 Å². The Morgan fingerprint density at radius 1 is 1.37 bits per heavy atom. The van der Waals surface area contributed by atoms with Crippen LogP contribution >= 0.6 is 11.6 Å². The summed E-state index contributed by atoms with van der Waals surface area (Å²) in [5, 5.41) is 8.61. The molecule has 1 aromatic heterocycles. The second-order valence-corrected chi connectivity index (χ2v) is 5.91. The Hall–Kier alpha value is -0.940. The summed E-state index contributed by atoms with van der Waals surface area (Å²) < 4.78 is 13.8. The number of likely N-dealkylation sites (N-methyl/N-ethyl adjacent to an activating group) is 1. The molecule has 1 aromatic rings. The number of hydrogen-bond acceptors (Lipinski definition) is 4. The number of aromatic nitrogens is 2. The molecule has 2 aliphatic rings. The first kappa shape index (κ1) is 13.1. The Balaban J connectivity index is 1.86. The Morgan fingerprint density at radius 2 is 2.21 bits per heavy atom. The van der Waals surface area contributed by atoms with Gasteiger partial charge in [-0.2, -0.15) is 0 Å². The number of alkyl halides is 1. The third kappa shape index (κ3) is 2.67. The molecule has 2 atom stereocenters. The summed E-state index contributed by atoms with van der Waals surface area (Å²) in [4.78, 5) is 4.26. The summed E-state index contributed by atoms with van der Waals surface area (Å²) in [6.07, 6.45) is 1.86. The van der Waals surface area contributed by atoms with E-state index in [-0.39, 0.29) is 6.04 Å². The SMILES string of the molecule is CN1C[C@H](F)C[C@@H](N2CCCc3cc(Cl)nnc32)C1. The lowest BCUT2D eigenvalue weighted by Gasteiger charge is -2.42. The number of piperidine rings is 1. The molecule has 0 unspecified atom stereocenters. The molecule has 1 saturated heterocycles. The fourth-order valence-corrected chi connectivity index (χ4v) is 3.34. The second-order valence-electron chi connectivity index (χ2n) is 5.52. The van der Waals surface area contributed by atoms with Crippen molar-refractivity contribution in [1.82, 2.24) is 15.1 Å². The number of fused-ring (bicyclic) bond motifs is 1. The first-order chi connectivity index (χ1) is 9.13. The van der Waals surface area contributed by atoms with E-state index >= 15 is 0 Å². The second kappa shape index (κ2) is 5.21. The minimum absolute atomic E-state index is 0.184. The number of hydrogen-bond donors (Lipinski definition) is 0. The zero-order chi connectivity index (χ0) is 13.4. The smallest absolute Gasteiger partial charge is 0.154 e. The van der Waals surface area contributed by atoms with Crippen molar-refractivity contribution in [2.45, 2.75) is 31.5 Å². The zero-order valence-electron chi connectivity index (χ0n) is 11.0. The number of aryl methyl sites for hydroxylation is 1. The van der Waals surface area contributed by atoms with Crippen LogP contribution in [0.4, 0.5) is 10.2 Å². The fourth-order valence-electron chi connectivity index (χ4n) is 3.17. The summed E-state index contributed by atoms with van der Waals surface area (Å²) in [5.41, 5.74) is 1.13. The molecule has 0 aromatic carbocycles. The van der Waals surface area contributed by atoms with Crippen LogP contribution in [0.5, 0.6) is 0 Å². The number of anilines is 1. The van der Waals surface area contributed by atoms with E-state index in [2.05, 4.69) is 20.0 Å². The highest BCUT2D eigenvalue weighted by atomic mass is 35.5. The van der Waals surface area contributed by atoms with Gasteiger partial charge in [-0.1, -0.05) is 11.6 Å². The van der Waals surface area contributed by atoms with Crippen molar-refractivity contribution < 1.29 is 4.39 Å². The van der Waals surface area contributed by atoms with Crippen molar-refractivity contribution in [1.29, 1.82) is 0 Å². The molecule has 0 aliphatic carbocycles. The molecule has 2 aliphatic heterocycles. The van der Waals surface area contributed by atoms with Crippen LogP contribution in [-0.2, 0) is 6.42 Å².